The van der Waals surface area contributed by atoms with Gasteiger partial charge in [0.25, 0.3) is 5.91 Å². The first-order valence-corrected chi connectivity index (χ1v) is 8.23. The average molecular weight is 399 g/mol. The highest BCUT2D eigenvalue weighted by Gasteiger charge is 2.07. The molecule has 0 bridgehead atoms. The van der Waals surface area contributed by atoms with Crippen molar-refractivity contribution in [2.75, 3.05) is 20.3 Å². The number of ether oxygens (including phenoxy) is 2. The third-order valence-electron chi connectivity index (χ3n) is 3.16. The average Bonchev–Trinajstić information content (AvgIpc) is 2.54. The number of para-hydroxylation sites is 1. The van der Waals surface area contributed by atoms with Gasteiger partial charge in [0.2, 0.25) is 0 Å². The van der Waals surface area contributed by atoms with E-state index >= 15 is 0 Å². The van der Waals surface area contributed by atoms with Gasteiger partial charge in [-0.25, -0.2) is 0 Å². The molecule has 0 unspecified atom stereocenters. The van der Waals surface area contributed by atoms with Gasteiger partial charge in [-0.2, -0.15) is 0 Å². The SMILES string of the molecule is COc1ccccc1CCNC(=O)COc1ccc(Br)cc1Cl. The fourth-order valence-corrected chi connectivity index (χ4v) is 2.76. The summed E-state index contributed by atoms with van der Waals surface area (Å²) < 4.78 is 11.5. The number of methoxy groups -OCH3 is 1. The van der Waals surface area contributed by atoms with Gasteiger partial charge in [-0.1, -0.05) is 45.7 Å². The van der Waals surface area contributed by atoms with Gasteiger partial charge < -0.3 is 14.8 Å². The van der Waals surface area contributed by atoms with Crippen molar-refractivity contribution in [3.63, 3.8) is 0 Å². The maximum Gasteiger partial charge on any atom is 0.257 e. The molecular weight excluding hydrogens is 382 g/mol. The molecule has 0 saturated carbocycles. The van der Waals surface area contributed by atoms with Crippen LogP contribution in [-0.2, 0) is 11.2 Å². The lowest BCUT2D eigenvalue weighted by atomic mass is 10.1. The molecule has 1 amide bonds. The van der Waals surface area contributed by atoms with Crippen molar-refractivity contribution in [3.8, 4) is 11.5 Å². The van der Waals surface area contributed by atoms with Crippen molar-refractivity contribution in [2.24, 2.45) is 0 Å². The van der Waals surface area contributed by atoms with Crippen LogP contribution >= 0.6 is 27.5 Å². The van der Waals surface area contributed by atoms with E-state index in [4.69, 9.17) is 21.1 Å². The lowest BCUT2D eigenvalue weighted by Gasteiger charge is -2.10. The Labute approximate surface area is 148 Å². The number of hydrogen-bond acceptors (Lipinski definition) is 3. The second-order valence-electron chi connectivity index (χ2n) is 4.78. The van der Waals surface area contributed by atoms with E-state index in [1.165, 1.54) is 0 Å². The van der Waals surface area contributed by atoms with Crippen LogP contribution in [0.1, 0.15) is 5.56 Å². The zero-order valence-electron chi connectivity index (χ0n) is 12.6. The molecule has 0 aromatic heterocycles. The van der Waals surface area contributed by atoms with Gasteiger partial charge in [-0.3, -0.25) is 4.79 Å². The number of amides is 1. The summed E-state index contributed by atoms with van der Waals surface area (Å²) in [5.41, 5.74) is 1.05. The van der Waals surface area contributed by atoms with Crippen molar-refractivity contribution in [2.45, 2.75) is 6.42 Å². The van der Waals surface area contributed by atoms with Crippen LogP contribution < -0.4 is 14.8 Å². The molecule has 6 heteroatoms. The second kappa shape index (κ2) is 8.79. The topological polar surface area (TPSA) is 47.6 Å². The minimum atomic E-state index is -0.195. The smallest absolute Gasteiger partial charge is 0.257 e. The van der Waals surface area contributed by atoms with E-state index in [2.05, 4.69) is 21.2 Å². The summed E-state index contributed by atoms with van der Waals surface area (Å²) in [5.74, 6) is 1.10. The standard InChI is InChI=1S/C17H17BrClNO3/c1-22-15-5-3-2-4-12(15)8-9-20-17(21)11-23-16-7-6-13(18)10-14(16)19/h2-7,10H,8-9,11H2,1H3,(H,20,21). The molecule has 0 radical (unpaired) electrons. The molecule has 0 saturated heterocycles. The van der Waals surface area contributed by atoms with Gasteiger partial charge in [-0.15, -0.1) is 0 Å². The Bertz CT molecular complexity index is 679. The summed E-state index contributed by atoms with van der Waals surface area (Å²) in [6.45, 7) is 0.434. The number of nitrogens with one attached hydrogen (secondary N) is 1. The predicted octanol–water partition coefficient (Wildman–Crippen LogP) is 3.85. The molecule has 4 nitrogen and oxygen atoms in total. The van der Waals surface area contributed by atoms with Gasteiger partial charge in [-0.05, 0) is 36.2 Å². The fourth-order valence-electron chi connectivity index (χ4n) is 2.03. The second-order valence-corrected chi connectivity index (χ2v) is 6.10. The predicted molar refractivity (Wildman–Crippen MR) is 94.4 cm³/mol. The van der Waals surface area contributed by atoms with Gasteiger partial charge in [0.15, 0.2) is 6.61 Å². The van der Waals surface area contributed by atoms with Gasteiger partial charge in [0.05, 0.1) is 12.1 Å². The molecule has 0 heterocycles. The summed E-state index contributed by atoms with van der Waals surface area (Å²) in [4.78, 5) is 11.8. The Kier molecular flexibility index (Phi) is 6.74. The quantitative estimate of drug-likeness (QED) is 0.770. The molecule has 2 aromatic carbocycles. The molecular formula is C17H17BrClNO3. The Morgan fingerprint density at radius 3 is 2.74 bits per heavy atom. The van der Waals surface area contributed by atoms with Crippen LogP contribution in [0, 0.1) is 0 Å². The molecule has 0 aliphatic carbocycles. The summed E-state index contributed by atoms with van der Waals surface area (Å²) in [6, 6.07) is 13.0. The monoisotopic (exact) mass is 397 g/mol. The number of carbonyl (C=O) groups is 1. The summed E-state index contributed by atoms with van der Waals surface area (Å²) in [6.07, 6.45) is 0.689. The van der Waals surface area contributed by atoms with Crippen molar-refractivity contribution in [1.82, 2.24) is 5.32 Å². The highest BCUT2D eigenvalue weighted by atomic mass is 79.9. The molecule has 23 heavy (non-hydrogen) atoms. The third kappa shape index (κ3) is 5.44. The largest absolute Gasteiger partial charge is 0.496 e. The maximum absolute atomic E-state index is 11.8. The van der Waals surface area contributed by atoms with Crippen LogP contribution in [0.3, 0.4) is 0 Å². The van der Waals surface area contributed by atoms with E-state index in [1.54, 1.807) is 25.3 Å². The van der Waals surface area contributed by atoms with Gasteiger partial charge >= 0.3 is 0 Å². The normalized spacial score (nSPS) is 10.2. The molecule has 0 aliphatic heterocycles. The Hall–Kier alpha value is -1.72. The van der Waals surface area contributed by atoms with Crippen LogP contribution in [0.2, 0.25) is 5.02 Å². The van der Waals surface area contributed by atoms with E-state index in [0.29, 0.717) is 23.7 Å². The molecule has 0 fully saturated rings. The number of halogens is 2. The highest BCUT2D eigenvalue weighted by Crippen LogP contribution is 2.27. The molecule has 0 aliphatic rings. The highest BCUT2D eigenvalue weighted by molar-refractivity contribution is 9.10. The first kappa shape index (κ1) is 17.6. The van der Waals surface area contributed by atoms with E-state index in [9.17, 15) is 4.79 Å². The van der Waals surface area contributed by atoms with Crippen LogP contribution in [-0.4, -0.2) is 26.2 Å². The molecule has 2 aromatic rings. The minimum Gasteiger partial charge on any atom is -0.496 e. The zero-order valence-corrected chi connectivity index (χ0v) is 15.0. The molecule has 2 rings (SSSR count). The Morgan fingerprint density at radius 2 is 2.00 bits per heavy atom. The molecule has 0 spiro atoms. The Balaban J connectivity index is 1.77. The third-order valence-corrected chi connectivity index (χ3v) is 3.95. The van der Waals surface area contributed by atoms with Crippen LogP contribution in [0.15, 0.2) is 46.9 Å². The van der Waals surface area contributed by atoms with Crippen molar-refractivity contribution in [3.05, 3.63) is 57.5 Å². The van der Waals surface area contributed by atoms with Crippen molar-refractivity contribution < 1.29 is 14.3 Å². The molecule has 122 valence electrons. The Morgan fingerprint density at radius 1 is 1.22 bits per heavy atom. The van der Waals surface area contributed by atoms with Crippen LogP contribution in [0.5, 0.6) is 11.5 Å². The number of hydrogen-bond donors (Lipinski definition) is 1. The number of carbonyl (C=O) groups excluding carboxylic acids is 1. The number of benzene rings is 2. The van der Waals surface area contributed by atoms with E-state index in [-0.39, 0.29) is 12.5 Å². The maximum atomic E-state index is 11.8. The first-order chi connectivity index (χ1) is 11.1. The summed E-state index contributed by atoms with van der Waals surface area (Å²) in [5, 5.41) is 3.27. The van der Waals surface area contributed by atoms with Crippen molar-refractivity contribution >= 4 is 33.4 Å². The van der Waals surface area contributed by atoms with Gasteiger partial charge in [0, 0.05) is 11.0 Å². The first-order valence-electron chi connectivity index (χ1n) is 7.06. The molecule has 0 atom stereocenters. The fraction of sp³-hybridized carbons (Fsp3) is 0.235. The molecule has 1 N–H and O–H groups in total. The zero-order chi connectivity index (χ0) is 16.7. The van der Waals surface area contributed by atoms with Crippen LogP contribution in [0.25, 0.3) is 0 Å². The lowest BCUT2D eigenvalue weighted by molar-refractivity contribution is -0.123. The minimum absolute atomic E-state index is 0.0761. The van der Waals surface area contributed by atoms with Crippen LogP contribution in [0.4, 0.5) is 0 Å². The van der Waals surface area contributed by atoms with Crippen molar-refractivity contribution in [1.29, 1.82) is 0 Å². The van der Waals surface area contributed by atoms with E-state index in [1.807, 2.05) is 24.3 Å². The summed E-state index contributed by atoms with van der Waals surface area (Å²) in [7, 11) is 1.63. The summed E-state index contributed by atoms with van der Waals surface area (Å²) >= 11 is 9.35. The number of rotatable bonds is 7. The van der Waals surface area contributed by atoms with E-state index < -0.39 is 0 Å². The van der Waals surface area contributed by atoms with Gasteiger partial charge in [0.1, 0.15) is 11.5 Å². The lowest BCUT2D eigenvalue weighted by Crippen LogP contribution is -2.30. The van der Waals surface area contributed by atoms with E-state index in [0.717, 1.165) is 15.8 Å².